The molecule has 2 aromatic rings. The predicted molar refractivity (Wildman–Crippen MR) is 189 cm³/mol. The molecule has 5 rings (SSSR count). The Morgan fingerprint density at radius 1 is 1.10 bits per heavy atom. The number of fused-ring (bicyclic) bond motifs is 1. The van der Waals surface area contributed by atoms with Crippen molar-refractivity contribution in [2.75, 3.05) is 26.3 Å². The second kappa shape index (κ2) is 17.1. The number of nitrogens with one attached hydrogen (secondary N) is 1. The number of nitrogens with zero attached hydrogens (tertiary/aromatic N) is 2. The van der Waals surface area contributed by atoms with Crippen LogP contribution < -0.4 is 5.32 Å². The molecule has 2 aromatic carbocycles. The Morgan fingerprint density at radius 2 is 1.82 bits per heavy atom. The zero-order chi connectivity index (χ0) is 35.7. The predicted octanol–water partition coefficient (Wildman–Crippen LogP) is 4.54. The maximum absolute atomic E-state index is 14.8. The van der Waals surface area contributed by atoms with Crippen LogP contribution in [0.2, 0.25) is 0 Å². The number of ether oxygens (including phenoxy) is 2. The van der Waals surface area contributed by atoms with Crippen LogP contribution in [0.3, 0.4) is 0 Å². The van der Waals surface area contributed by atoms with Gasteiger partial charge in [-0.15, -0.1) is 13.2 Å². The number of likely N-dealkylation sites (tertiary alicyclic amines) is 1. The third kappa shape index (κ3) is 7.71. The fourth-order valence-corrected chi connectivity index (χ4v) is 8.02. The van der Waals surface area contributed by atoms with Crippen molar-refractivity contribution < 1.29 is 33.8 Å². The molecule has 0 saturated carbocycles. The minimum absolute atomic E-state index is 0.0844. The molecule has 0 aliphatic carbocycles. The summed E-state index contributed by atoms with van der Waals surface area (Å²) in [5.74, 6) is -3.20. The second-order valence-electron chi connectivity index (χ2n) is 13.6. The Kier molecular flexibility index (Phi) is 12.6. The van der Waals surface area contributed by atoms with Crippen LogP contribution in [0.25, 0.3) is 0 Å². The van der Waals surface area contributed by atoms with Gasteiger partial charge in [0.15, 0.2) is 0 Å². The smallest absolute Gasteiger partial charge is 0.306 e. The fourth-order valence-electron chi connectivity index (χ4n) is 8.02. The number of aliphatic hydroxyl groups is 1. The van der Waals surface area contributed by atoms with Crippen molar-refractivity contribution in [2.24, 2.45) is 11.8 Å². The van der Waals surface area contributed by atoms with E-state index in [-0.39, 0.29) is 31.4 Å². The van der Waals surface area contributed by atoms with Crippen molar-refractivity contribution in [3.63, 3.8) is 0 Å². The molecule has 50 heavy (non-hydrogen) atoms. The lowest BCUT2D eigenvalue weighted by molar-refractivity contribution is -0.151. The standard InChI is InChI=1S/C40H51N3O7/c1-4-7-15-24-42(23-6-3)39(48)36-40-22-21-32(50-40)34(35(40)38(47)43(36)30(26-44)25-28-16-11-9-12-17-28)37(46)41-31(29-18-13-10-14-19-29)27-49-33(45)20-8-5-2/h5-6,9-14,16-19,30-32,34-36,44H,2-4,7-8,15,20-27H2,1H3,(H,41,46)/t30-,31+,32+,34-,35-,36+,40-/m1/s1. The minimum Gasteiger partial charge on any atom is -0.463 e. The molecular weight excluding hydrogens is 634 g/mol. The average Bonchev–Trinajstić information content (AvgIpc) is 3.79. The molecule has 3 saturated heterocycles. The zero-order valence-corrected chi connectivity index (χ0v) is 29.1. The van der Waals surface area contributed by atoms with Gasteiger partial charge < -0.3 is 29.7 Å². The zero-order valence-electron chi connectivity index (χ0n) is 29.1. The Bertz CT molecular complexity index is 1500. The van der Waals surface area contributed by atoms with Gasteiger partial charge in [0.1, 0.15) is 18.2 Å². The molecule has 268 valence electrons. The largest absolute Gasteiger partial charge is 0.463 e. The van der Waals surface area contributed by atoms with Crippen molar-refractivity contribution >= 4 is 23.7 Å². The van der Waals surface area contributed by atoms with E-state index < -0.39 is 53.5 Å². The molecule has 10 heteroatoms. The molecule has 3 heterocycles. The van der Waals surface area contributed by atoms with Gasteiger partial charge in [-0.1, -0.05) is 92.6 Å². The number of rotatable bonds is 19. The van der Waals surface area contributed by atoms with E-state index in [4.69, 9.17) is 9.47 Å². The number of aliphatic hydroxyl groups excluding tert-OH is 1. The first-order valence-corrected chi connectivity index (χ1v) is 18.0. The monoisotopic (exact) mass is 685 g/mol. The highest BCUT2D eigenvalue weighted by Crippen LogP contribution is 2.59. The summed E-state index contributed by atoms with van der Waals surface area (Å²) in [6, 6.07) is 16.4. The molecule has 7 atom stereocenters. The van der Waals surface area contributed by atoms with Gasteiger partial charge in [0.25, 0.3) is 0 Å². The van der Waals surface area contributed by atoms with Gasteiger partial charge in [0, 0.05) is 19.5 Å². The molecule has 2 N–H and O–H groups in total. The lowest BCUT2D eigenvalue weighted by atomic mass is 9.70. The summed E-state index contributed by atoms with van der Waals surface area (Å²) in [7, 11) is 0. The third-order valence-electron chi connectivity index (χ3n) is 10.4. The molecule has 3 fully saturated rings. The highest BCUT2D eigenvalue weighted by atomic mass is 16.5. The summed E-state index contributed by atoms with van der Waals surface area (Å²) in [6.07, 6.45) is 7.43. The Labute approximate surface area is 295 Å². The second-order valence-corrected chi connectivity index (χ2v) is 13.6. The summed E-state index contributed by atoms with van der Waals surface area (Å²) in [4.78, 5) is 59.5. The van der Waals surface area contributed by atoms with E-state index in [0.29, 0.717) is 38.8 Å². The Morgan fingerprint density at radius 3 is 2.48 bits per heavy atom. The first kappa shape index (κ1) is 37.0. The molecule has 3 amide bonds. The Hall–Kier alpha value is -4.28. The van der Waals surface area contributed by atoms with Crippen molar-refractivity contribution in [1.29, 1.82) is 0 Å². The number of esters is 1. The number of hydrogen-bond donors (Lipinski definition) is 2. The van der Waals surface area contributed by atoms with Crippen LogP contribution in [0.5, 0.6) is 0 Å². The topological polar surface area (TPSA) is 125 Å². The highest BCUT2D eigenvalue weighted by molar-refractivity contribution is 5.99. The van der Waals surface area contributed by atoms with Crippen molar-refractivity contribution in [3.8, 4) is 0 Å². The van der Waals surface area contributed by atoms with Gasteiger partial charge >= 0.3 is 5.97 Å². The van der Waals surface area contributed by atoms with Gasteiger partial charge in [-0.3, -0.25) is 19.2 Å². The van der Waals surface area contributed by atoms with Gasteiger partial charge in [-0.25, -0.2) is 0 Å². The summed E-state index contributed by atoms with van der Waals surface area (Å²) in [5, 5.41) is 13.9. The van der Waals surface area contributed by atoms with Crippen LogP contribution in [-0.4, -0.2) is 88.7 Å². The quantitative estimate of drug-likeness (QED) is 0.126. The van der Waals surface area contributed by atoms with Crippen molar-refractivity contribution in [3.05, 3.63) is 97.1 Å². The first-order valence-electron chi connectivity index (χ1n) is 18.0. The van der Waals surface area contributed by atoms with E-state index >= 15 is 0 Å². The van der Waals surface area contributed by atoms with Crippen LogP contribution in [0.1, 0.15) is 69.0 Å². The van der Waals surface area contributed by atoms with Crippen molar-refractivity contribution in [2.45, 2.75) is 88.1 Å². The molecule has 3 aliphatic heterocycles. The number of amides is 3. The van der Waals surface area contributed by atoms with E-state index in [1.807, 2.05) is 60.7 Å². The van der Waals surface area contributed by atoms with E-state index in [1.165, 1.54) is 4.90 Å². The van der Waals surface area contributed by atoms with Gasteiger partial charge in [0.2, 0.25) is 17.7 Å². The van der Waals surface area contributed by atoms with Gasteiger partial charge in [0.05, 0.1) is 36.6 Å². The Balaban J connectivity index is 1.48. The maximum Gasteiger partial charge on any atom is 0.306 e. The summed E-state index contributed by atoms with van der Waals surface area (Å²) >= 11 is 0. The summed E-state index contributed by atoms with van der Waals surface area (Å²) in [5.41, 5.74) is 0.437. The van der Waals surface area contributed by atoms with Gasteiger partial charge in [-0.2, -0.15) is 0 Å². The molecule has 0 radical (unpaired) electrons. The number of carbonyl (C=O) groups excluding carboxylic acids is 4. The van der Waals surface area contributed by atoms with E-state index in [0.717, 1.165) is 30.4 Å². The molecule has 10 nitrogen and oxygen atoms in total. The third-order valence-corrected chi connectivity index (χ3v) is 10.4. The van der Waals surface area contributed by atoms with Crippen LogP contribution >= 0.6 is 0 Å². The number of benzene rings is 2. The van der Waals surface area contributed by atoms with E-state index in [1.54, 1.807) is 17.1 Å². The lowest BCUT2D eigenvalue weighted by Crippen LogP contribution is -2.59. The van der Waals surface area contributed by atoms with E-state index in [9.17, 15) is 24.3 Å². The fraction of sp³-hybridized carbons (Fsp3) is 0.500. The molecule has 0 unspecified atom stereocenters. The van der Waals surface area contributed by atoms with Crippen molar-refractivity contribution in [1.82, 2.24) is 15.1 Å². The molecule has 1 spiro atoms. The minimum atomic E-state index is -1.23. The van der Waals surface area contributed by atoms with E-state index in [2.05, 4.69) is 25.4 Å². The number of allylic oxidation sites excluding steroid dienone is 1. The number of carbonyl (C=O) groups is 4. The molecule has 3 aliphatic rings. The first-order chi connectivity index (χ1) is 24.3. The molecule has 2 bridgehead atoms. The SMILES string of the molecule is C=CCCC(=O)OC[C@H](NC(=O)[C@@H]1[C@@H]2CC[C@]3(O2)[C@H](C(=O)N(CC=C)CCCCC)N([C@@H](CO)Cc2ccccc2)C(=O)[C@@H]13)c1ccccc1. The summed E-state index contributed by atoms with van der Waals surface area (Å²) in [6.45, 7) is 10.00. The normalized spacial score (nSPS) is 24.7. The molecular formula is C40H51N3O7. The van der Waals surface area contributed by atoms with Crippen LogP contribution in [0, 0.1) is 11.8 Å². The van der Waals surface area contributed by atoms with Crippen LogP contribution in [0.4, 0.5) is 0 Å². The maximum atomic E-state index is 14.8. The lowest BCUT2D eigenvalue weighted by Gasteiger charge is -2.39. The molecule has 0 aromatic heterocycles. The average molecular weight is 686 g/mol. The van der Waals surface area contributed by atoms with Gasteiger partial charge in [-0.05, 0) is 43.2 Å². The number of hydrogen-bond acceptors (Lipinski definition) is 7. The number of unbranched alkanes of at least 4 members (excludes halogenated alkanes) is 2. The highest BCUT2D eigenvalue weighted by Gasteiger charge is 2.75. The van der Waals surface area contributed by atoms with Crippen LogP contribution in [-0.2, 0) is 35.1 Å². The summed E-state index contributed by atoms with van der Waals surface area (Å²) < 4.78 is 12.3. The van der Waals surface area contributed by atoms with Crippen LogP contribution in [0.15, 0.2) is 86.0 Å².